The Balaban J connectivity index is 3.06. The number of carbonyl (C=O) groups excluding carboxylic acids is 3. The zero-order chi connectivity index (χ0) is 25.7. The molecule has 0 saturated heterocycles. The lowest BCUT2D eigenvalue weighted by Gasteiger charge is -2.26. The fourth-order valence-electron chi connectivity index (χ4n) is 3.07. The van der Waals surface area contributed by atoms with Crippen LogP contribution in [0.15, 0.2) is 30.3 Å². The van der Waals surface area contributed by atoms with Gasteiger partial charge in [-0.2, -0.15) is 24.4 Å². The maximum atomic E-state index is 13.2. The first kappa shape index (κ1) is 29.8. The molecule has 0 fully saturated rings. The van der Waals surface area contributed by atoms with Crippen LogP contribution in [0.3, 0.4) is 0 Å². The van der Waals surface area contributed by atoms with Crippen LogP contribution >= 0.6 is 24.4 Å². The minimum absolute atomic E-state index is 0.0601. The molecule has 1 rings (SSSR count). The number of nitrogens with one attached hydrogen (secondary N) is 3. The van der Waals surface area contributed by atoms with Crippen molar-refractivity contribution in [1.82, 2.24) is 16.0 Å². The zero-order valence-corrected chi connectivity index (χ0v) is 21.5. The number of carboxylic acids is 1. The Labute approximate surface area is 210 Å². The van der Waals surface area contributed by atoms with Crippen LogP contribution in [-0.4, -0.2) is 70.7 Å². The summed E-state index contributed by atoms with van der Waals surface area (Å²) in [5.41, 5.74) is 6.80. The Morgan fingerprint density at radius 1 is 1.00 bits per heavy atom. The number of carboxylic acid groups (broad SMARTS) is 1. The quantitative estimate of drug-likeness (QED) is 0.190. The Bertz CT molecular complexity index is 812. The third-order valence-corrected chi connectivity index (χ3v) is 6.53. The molecule has 0 radical (unpaired) electrons. The second-order valence-electron chi connectivity index (χ2n) is 8.09. The van der Waals surface area contributed by atoms with Crippen LogP contribution in [0.2, 0.25) is 0 Å². The van der Waals surface area contributed by atoms with E-state index in [9.17, 15) is 24.3 Å². The summed E-state index contributed by atoms with van der Waals surface area (Å²) in [4.78, 5) is 50.0. The molecule has 0 spiro atoms. The summed E-state index contributed by atoms with van der Waals surface area (Å²) in [5, 5.41) is 17.1. The van der Waals surface area contributed by atoms with E-state index in [0.29, 0.717) is 18.6 Å². The van der Waals surface area contributed by atoms with Crippen LogP contribution < -0.4 is 21.7 Å². The number of thioether (sulfide) groups is 1. The summed E-state index contributed by atoms with van der Waals surface area (Å²) in [5.74, 6) is -2.40. The number of hydrogen-bond acceptors (Lipinski definition) is 7. The van der Waals surface area contributed by atoms with Crippen molar-refractivity contribution in [2.24, 2.45) is 11.7 Å². The van der Waals surface area contributed by atoms with Crippen molar-refractivity contribution in [3.63, 3.8) is 0 Å². The van der Waals surface area contributed by atoms with E-state index in [1.54, 1.807) is 24.3 Å². The van der Waals surface area contributed by atoms with Crippen LogP contribution in [0, 0.1) is 5.92 Å². The van der Waals surface area contributed by atoms with Gasteiger partial charge in [0.2, 0.25) is 17.7 Å². The predicted molar refractivity (Wildman–Crippen MR) is 138 cm³/mol. The third kappa shape index (κ3) is 9.94. The fraction of sp³-hybridized carbons (Fsp3) is 0.565. The molecule has 3 amide bonds. The van der Waals surface area contributed by atoms with Crippen LogP contribution in [0.25, 0.3) is 0 Å². The molecule has 0 aliphatic rings. The Morgan fingerprint density at radius 3 is 2.09 bits per heavy atom. The minimum Gasteiger partial charge on any atom is -0.480 e. The van der Waals surface area contributed by atoms with E-state index in [-0.39, 0.29) is 18.1 Å². The van der Waals surface area contributed by atoms with E-state index in [1.165, 1.54) is 11.8 Å². The number of hydrogen-bond donors (Lipinski definition) is 6. The first-order chi connectivity index (χ1) is 16.1. The van der Waals surface area contributed by atoms with Crippen LogP contribution in [0.1, 0.15) is 32.3 Å². The van der Waals surface area contributed by atoms with Crippen molar-refractivity contribution in [3.05, 3.63) is 35.9 Å². The first-order valence-electron chi connectivity index (χ1n) is 11.2. The predicted octanol–water partition coefficient (Wildman–Crippen LogP) is 0.824. The zero-order valence-electron chi connectivity index (χ0n) is 19.8. The second kappa shape index (κ2) is 15.6. The highest BCUT2D eigenvalue weighted by Gasteiger charge is 2.30. The topological polar surface area (TPSA) is 151 Å². The summed E-state index contributed by atoms with van der Waals surface area (Å²) < 4.78 is 0. The summed E-state index contributed by atoms with van der Waals surface area (Å²) in [6.45, 7) is 3.79. The monoisotopic (exact) mass is 512 g/mol. The van der Waals surface area contributed by atoms with E-state index in [4.69, 9.17) is 5.73 Å². The molecule has 0 saturated carbocycles. The number of nitrogens with two attached hydrogens (primary N) is 1. The molecule has 0 bridgehead atoms. The van der Waals surface area contributed by atoms with E-state index in [2.05, 4.69) is 28.6 Å². The lowest BCUT2D eigenvalue weighted by molar-refractivity contribution is -0.141. The van der Waals surface area contributed by atoms with Crippen LogP contribution in [0.4, 0.5) is 0 Å². The largest absolute Gasteiger partial charge is 0.480 e. The molecule has 0 aromatic heterocycles. The summed E-state index contributed by atoms with van der Waals surface area (Å²) >= 11 is 5.50. The van der Waals surface area contributed by atoms with Crippen molar-refractivity contribution in [1.29, 1.82) is 0 Å². The van der Waals surface area contributed by atoms with Crippen LogP contribution in [0.5, 0.6) is 0 Å². The van der Waals surface area contributed by atoms with E-state index in [1.807, 2.05) is 26.2 Å². The van der Waals surface area contributed by atoms with E-state index >= 15 is 0 Å². The van der Waals surface area contributed by atoms with Gasteiger partial charge in [0, 0.05) is 12.2 Å². The molecule has 0 heterocycles. The molecule has 34 heavy (non-hydrogen) atoms. The lowest BCUT2D eigenvalue weighted by atomic mass is 9.99. The van der Waals surface area contributed by atoms with Gasteiger partial charge in [-0.25, -0.2) is 4.79 Å². The average Bonchev–Trinajstić information content (AvgIpc) is 2.83. The molecule has 1 aromatic carbocycles. The van der Waals surface area contributed by atoms with Crippen LogP contribution in [-0.2, 0) is 25.6 Å². The standard InChI is InChI=1S/C23H36N4O5S2/c1-4-14(2)19(24)22(30)25-16(10-11-34-3)20(28)26-17(12-15-8-6-5-7-9-15)21(29)27-18(13-33)23(31)32/h5-9,14,16-19,33H,4,10-13,24H2,1-3H3,(H,25,30)(H,26,28)(H,27,29)(H,31,32). The van der Waals surface area contributed by atoms with E-state index in [0.717, 1.165) is 5.56 Å². The number of rotatable bonds is 15. The van der Waals surface area contributed by atoms with Gasteiger partial charge in [-0.15, -0.1) is 0 Å². The molecule has 1 aromatic rings. The van der Waals surface area contributed by atoms with Gasteiger partial charge in [0.15, 0.2) is 0 Å². The summed E-state index contributed by atoms with van der Waals surface area (Å²) in [6.07, 6.45) is 3.09. The van der Waals surface area contributed by atoms with Gasteiger partial charge in [0.05, 0.1) is 6.04 Å². The Kier molecular flexibility index (Phi) is 13.7. The third-order valence-electron chi connectivity index (χ3n) is 5.52. The Hall–Kier alpha value is -2.24. The average molecular weight is 513 g/mol. The van der Waals surface area contributed by atoms with Gasteiger partial charge in [-0.05, 0) is 29.9 Å². The molecule has 9 nitrogen and oxygen atoms in total. The molecular weight excluding hydrogens is 476 g/mol. The SMILES string of the molecule is CCC(C)C(N)C(=O)NC(CCSC)C(=O)NC(Cc1ccccc1)C(=O)NC(CS)C(=O)O. The smallest absolute Gasteiger partial charge is 0.327 e. The number of benzene rings is 1. The number of carbonyl (C=O) groups is 4. The molecule has 5 atom stereocenters. The van der Waals surface area contributed by atoms with Gasteiger partial charge in [0.25, 0.3) is 0 Å². The highest BCUT2D eigenvalue weighted by molar-refractivity contribution is 7.98. The number of aliphatic carboxylic acids is 1. The number of thiol groups is 1. The van der Waals surface area contributed by atoms with Gasteiger partial charge in [-0.3, -0.25) is 14.4 Å². The number of amides is 3. The highest BCUT2D eigenvalue weighted by Crippen LogP contribution is 2.09. The normalized spacial score (nSPS) is 15.3. The molecule has 0 aliphatic heterocycles. The van der Waals surface area contributed by atoms with Gasteiger partial charge in [0.1, 0.15) is 18.1 Å². The van der Waals surface area contributed by atoms with Gasteiger partial charge < -0.3 is 26.8 Å². The minimum atomic E-state index is -1.22. The summed E-state index contributed by atoms with van der Waals surface area (Å²) in [7, 11) is 0. The molecular formula is C23H36N4O5S2. The second-order valence-corrected chi connectivity index (χ2v) is 9.44. The lowest BCUT2D eigenvalue weighted by Crippen LogP contribution is -2.58. The van der Waals surface area contributed by atoms with Crippen molar-refractivity contribution in [2.45, 2.75) is 57.3 Å². The molecule has 0 aliphatic carbocycles. The maximum absolute atomic E-state index is 13.2. The Morgan fingerprint density at radius 2 is 1.56 bits per heavy atom. The first-order valence-corrected chi connectivity index (χ1v) is 13.2. The van der Waals surface area contributed by atoms with Crippen molar-refractivity contribution >= 4 is 48.1 Å². The van der Waals surface area contributed by atoms with Gasteiger partial charge >= 0.3 is 5.97 Å². The fourth-order valence-corrected chi connectivity index (χ4v) is 3.79. The van der Waals surface area contributed by atoms with E-state index < -0.39 is 47.9 Å². The molecule has 6 N–H and O–H groups in total. The molecule has 190 valence electrons. The maximum Gasteiger partial charge on any atom is 0.327 e. The molecule has 11 heteroatoms. The van der Waals surface area contributed by atoms with Crippen molar-refractivity contribution in [2.75, 3.05) is 17.8 Å². The van der Waals surface area contributed by atoms with Crippen molar-refractivity contribution in [3.8, 4) is 0 Å². The van der Waals surface area contributed by atoms with Gasteiger partial charge in [-0.1, -0.05) is 50.6 Å². The summed E-state index contributed by atoms with van der Waals surface area (Å²) in [6, 6.07) is 5.14. The molecule has 5 unspecified atom stereocenters. The highest BCUT2D eigenvalue weighted by atomic mass is 32.2. The van der Waals surface area contributed by atoms with Crippen molar-refractivity contribution < 1.29 is 24.3 Å².